The van der Waals surface area contributed by atoms with E-state index in [2.05, 4.69) is 26.0 Å². The van der Waals surface area contributed by atoms with Crippen LogP contribution < -0.4 is 5.32 Å². The zero-order chi connectivity index (χ0) is 13.8. The maximum Gasteiger partial charge on any atom is 0.321 e. The van der Waals surface area contributed by atoms with E-state index < -0.39 is 4.83 Å². The van der Waals surface area contributed by atoms with Crippen LogP contribution in [0.2, 0.25) is 0 Å². The topological polar surface area (TPSA) is 55.4 Å². The molecule has 0 spiro atoms. The minimum Gasteiger partial charge on any atom is -0.468 e. The van der Waals surface area contributed by atoms with E-state index in [4.69, 9.17) is 0 Å². The Morgan fingerprint density at radius 3 is 3.00 bits per heavy atom. The predicted octanol–water partition coefficient (Wildman–Crippen LogP) is 1.93. The highest BCUT2D eigenvalue weighted by Gasteiger charge is 2.29. The highest BCUT2D eigenvalue weighted by molar-refractivity contribution is 9.10. The first-order valence-electron chi connectivity index (χ1n) is 5.85. The Balaban J connectivity index is 1.94. The van der Waals surface area contributed by atoms with Gasteiger partial charge in [0.05, 0.1) is 13.0 Å². The summed E-state index contributed by atoms with van der Waals surface area (Å²) < 4.78 is 4.58. The van der Waals surface area contributed by atoms with Gasteiger partial charge in [0.15, 0.2) is 0 Å². The van der Waals surface area contributed by atoms with Gasteiger partial charge in [-0.1, -0.05) is 34.1 Å². The number of hydrogen-bond donors (Lipinski definition) is 1. The number of hydrogen-bond acceptors (Lipinski definition) is 4. The van der Waals surface area contributed by atoms with Crippen molar-refractivity contribution in [2.45, 2.75) is 15.6 Å². The second kappa shape index (κ2) is 6.43. The molecular formula is C13H14BrNO3S. The van der Waals surface area contributed by atoms with Crippen LogP contribution in [0, 0.1) is 0 Å². The van der Waals surface area contributed by atoms with Crippen LogP contribution in [0.5, 0.6) is 0 Å². The number of benzene rings is 1. The highest BCUT2D eigenvalue weighted by atomic mass is 79.9. The Bertz CT molecular complexity index is 495. The lowest BCUT2D eigenvalue weighted by Gasteiger charge is -2.13. The lowest BCUT2D eigenvalue weighted by Crippen LogP contribution is -2.36. The fourth-order valence-electron chi connectivity index (χ4n) is 1.90. The number of thioether (sulfide) groups is 1. The van der Waals surface area contributed by atoms with E-state index in [1.54, 1.807) is 11.8 Å². The number of nitrogens with one attached hydrogen (secondary N) is 1. The molecule has 1 aliphatic heterocycles. The Kier molecular flexibility index (Phi) is 4.87. The molecule has 2 atom stereocenters. The number of carbonyl (C=O) groups excluding carboxylic acids is 2. The molecule has 1 amide bonds. The summed E-state index contributed by atoms with van der Waals surface area (Å²) in [6, 6.07) is 7.91. The zero-order valence-electron chi connectivity index (χ0n) is 10.4. The summed E-state index contributed by atoms with van der Waals surface area (Å²) in [5.74, 6) is 0.168. The van der Waals surface area contributed by atoms with Crippen molar-refractivity contribution in [3.8, 4) is 0 Å². The van der Waals surface area contributed by atoms with E-state index in [0.717, 1.165) is 16.2 Å². The molecule has 0 saturated carbocycles. The van der Waals surface area contributed by atoms with E-state index in [1.807, 2.05) is 24.3 Å². The van der Waals surface area contributed by atoms with Crippen LogP contribution in [0.1, 0.15) is 11.5 Å². The van der Waals surface area contributed by atoms with Crippen molar-refractivity contribution in [2.75, 3.05) is 19.4 Å². The molecule has 2 unspecified atom stereocenters. The maximum absolute atomic E-state index is 12.1. The first kappa shape index (κ1) is 14.4. The molecule has 4 nitrogen and oxygen atoms in total. The van der Waals surface area contributed by atoms with Gasteiger partial charge in [-0.15, -0.1) is 11.8 Å². The van der Waals surface area contributed by atoms with Crippen LogP contribution in [0.25, 0.3) is 0 Å². The molecule has 0 radical (unpaired) electrons. The van der Waals surface area contributed by atoms with Crippen LogP contribution >= 0.6 is 27.7 Å². The minimum absolute atomic E-state index is 0.0502. The Morgan fingerprint density at radius 2 is 2.26 bits per heavy atom. The molecule has 0 fully saturated rings. The molecule has 1 aromatic rings. The summed E-state index contributed by atoms with van der Waals surface area (Å²) in [5.41, 5.74) is 1.06. The summed E-state index contributed by atoms with van der Waals surface area (Å²) in [6.45, 7) is 0.231. The number of alkyl halides is 1. The Labute approximate surface area is 124 Å². The van der Waals surface area contributed by atoms with Gasteiger partial charge in [-0.2, -0.15) is 0 Å². The van der Waals surface area contributed by atoms with Gasteiger partial charge in [0.1, 0.15) is 4.83 Å². The normalized spacial score (nSPS) is 18.5. The second-order valence-corrected chi connectivity index (χ2v) is 6.30. The van der Waals surface area contributed by atoms with E-state index in [9.17, 15) is 9.59 Å². The largest absolute Gasteiger partial charge is 0.468 e. The molecule has 1 N–H and O–H groups in total. The molecule has 19 heavy (non-hydrogen) atoms. The predicted molar refractivity (Wildman–Crippen MR) is 77.6 cm³/mol. The zero-order valence-corrected chi connectivity index (χ0v) is 12.8. The first-order chi connectivity index (χ1) is 9.13. The van der Waals surface area contributed by atoms with Crippen molar-refractivity contribution in [3.05, 3.63) is 29.8 Å². The molecule has 102 valence electrons. The average Bonchev–Trinajstić information content (AvgIpc) is 2.87. The SMILES string of the molecule is COC(=O)C(Br)CNC(=O)C1CSc2ccccc21. The van der Waals surface area contributed by atoms with Crippen LogP contribution in [-0.2, 0) is 14.3 Å². The number of esters is 1. The van der Waals surface area contributed by atoms with E-state index in [1.165, 1.54) is 7.11 Å². The Hall–Kier alpha value is -1.01. The van der Waals surface area contributed by atoms with Gasteiger partial charge in [-0.25, -0.2) is 0 Å². The second-order valence-electron chi connectivity index (χ2n) is 4.14. The smallest absolute Gasteiger partial charge is 0.321 e. The Morgan fingerprint density at radius 1 is 1.53 bits per heavy atom. The molecule has 2 rings (SSSR count). The van der Waals surface area contributed by atoms with Gasteiger partial charge in [0.25, 0.3) is 0 Å². The number of methoxy groups -OCH3 is 1. The lowest BCUT2D eigenvalue weighted by molar-refractivity contribution is -0.139. The van der Waals surface area contributed by atoms with E-state index in [0.29, 0.717) is 0 Å². The van der Waals surface area contributed by atoms with E-state index in [-0.39, 0.29) is 24.3 Å². The van der Waals surface area contributed by atoms with Gasteiger partial charge in [-0.3, -0.25) is 9.59 Å². The molecule has 0 aliphatic carbocycles. The van der Waals surface area contributed by atoms with Gasteiger partial charge in [0.2, 0.25) is 5.91 Å². The molecule has 0 saturated heterocycles. The number of carbonyl (C=O) groups is 2. The summed E-state index contributed by atoms with van der Waals surface area (Å²) >= 11 is 4.86. The molecule has 0 aromatic heterocycles. The standard InChI is InChI=1S/C13H14BrNO3S/c1-18-13(17)10(14)6-15-12(16)9-7-19-11-5-3-2-4-8(9)11/h2-5,9-10H,6-7H2,1H3,(H,15,16). The minimum atomic E-state index is -0.509. The van der Waals surface area contributed by atoms with E-state index >= 15 is 0 Å². The van der Waals surface area contributed by atoms with Gasteiger partial charge >= 0.3 is 5.97 Å². The quantitative estimate of drug-likeness (QED) is 0.670. The van der Waals surface area contributed by atoms with Gasteiger partial charge in [0, 0.05) is 17.2 Å². The monoisotopic (exact) mass is 343 g/mol. The summed E-state index contributed by atoms with van der Waals surface area (Å²) in [5, 5.41) is 2.78. The molecule has 1 aromatic carbocycles. The number of amides is 1. The number of fused-ring (bicyclic) bond motifs is 1. The molecule has 0 bridgehead atoms. The molecule has 1 heterocycles. The van der Waals surface area contributed by atoms with Crippen molar-refractivity contribution < 1.29 is 14.3 Å². The van der Waals surface area contributed by atoms with Crippen molar-refractivity contribution >= 4 is 39.6 Å². The summed E-state index contributed by atoms with van der Waals surface area (Å²) in [7, 11) is 1.32. The summed E-state index contributed by atoms with van der Waals surface area (Å²) in [4.78, 5) is 24.0. The van der Waals surface area contributed by atoms with Gasteiger partial charge in [-0.05, 0) is 11.6 Å². The number of ether oxygens (including phenoxy) is 1. The summed E-state index contributed by atoms with van der Waals surface area (Å²) in [6.07, 6.45) is 0. The van der Waals surface area contributed by atoms with Crippen LogP contribution in [0.4, 0.5) is 0 Å². The number of rotatable bonds is 4. The van der Waals surface area contributed by atoms with Crippen LogP contribution in [0.3, 0.4) is 0 Å². The number of halogens is 1. The van der Waals surface area contributed by atoms with Gasteiger partial charge < -0.3 is 10.1 Å². The van der Waals surface area contributed by atoms with Crippen molar-refractivity contribution in [3.63, 3.8) is 0 Å². The highest BCUT2D eigenvalue weighted by Crippen LogP contribution is 2.39. The van der Waals surface area contributed by atoms with Crippen molar-refractivity contribution in [1.29, 1.82) is 0 Å². The van der Waals surface area contributed by atoms with Crippen molar-refractivity contribution in [2.24, 2.45) is 0 Å². The van der Waals surface area contributed by atoms with Crippen molar-refractivity contribution in [1.82, 2.24) is 5.32 Å². The molecule has 1 aliphatic rings. The average molecular weight is 344 g/mol. The van der Waals surface area contributed by atoms with Crippen LogP contribution in [0.15, 0.2) is 29.2 Å². The third-order valence-corrected chi connectivity index (χ3v) is 4.81. The lowest BCUT2D eigenvalue weighted by atomic mass is 10.0. The maximum atomic E-state index is 12.1. The molecular weight excluding hydrogens is 330 g/mol. The first-order valence-corrected chi connectivity index (χ1v) is 7.75. The third-order valence-electron chi connectivity index (χ3n) is 2.93. The third kappa shape index (κ3) is 3.30. The molecule has 6 heteroatoms. The van der Waals surface area contributed by atoms with Crippen LogP contribution in [-0.4, -0.2) is 36.1 Å². The fourth-order valence-corrected chi connectivity index (χ4v) is 3.48. The fraction of sp³-hybridized carbons (Fsp3) is 0.385.